The molecular formula is C12H25NO8Se. The van der Waals surface area contributed by atoms with Gasteiger partial charge in [0.05, 0.1) is 0 Å². The summed E-state index contributed by atoms with van der Waals surface area (Å²) in [5, 5.41) is 3.46. The second kappa shape index (κ2) is 15.8. The molecule has 0 radical (unpaired) electrons. The van der Waals surface area contributed by atoms with Gasteiger partial charge in [-0.05, 0) is 0 Å². The fourth-order valence-electron chi connectivity index (χ4n) is 1.58. The van der Waals surface area contributed by atoms with Crippen LogP contribution in [0.25, 0.3) is 0 Å². The number of fused-ring (bicyclic) bond motifs is 2. The topological polar surface area (TPSA) is 264 Å². The number of para-hydroxylation sites is 2. The van der Waals surface area contributed by atoms with Gasteiger partial charge in [-0.3, -0.25) is 0 Å². The maximum absolute atomic E-state index is 3.46. The standard InChI is InChI=1S/C12H9NSe.8H2O/c1-3-7-11-9(5-1)13-10-6-2-4-8-12(10)14-11;;;;;;;;/h1-8,13H;8*1H2. The van der Waals surface area contributed by atoms with Gasteiger partial charge in [0.15, 0.2) is 0 Å². The van der Waals surface area contributed by atoms with Crippen LogP contribution in [0.15, 0.2) is 48.5 Å². The fourth-order valence-corrected chi connectivity index (χ4v) is 3.65. The van der Waals surface area contributed by atoms with Gasteiger partial charge < -0.3 is 43.8 Å². The Morgan fingerprint density at radius 1 is 0.500 bits per heavy atom. The summed E-state index contributed by atoms with van der Waals surface area (Å²) in [7, 11) is 0. The third-order valence-electron chi connectivity index (χ3n) is 2.26. The van der Waals surface area contributed by atoms with E-state index >= 15 is 0 Å². The molecule has 3 rings (SSSR count). The molecule has 0 atom stereocenters. The predicted octanol–water partition coefficient (Wildman–Crippen LogP) is -5.20. The molecule has 0 spiro atoms. The van der Waals surface area contributed by atoms with Crippen molar-refractivity contribution in [3.63, 3.8) is 0 Å². The molecular weight excluding hydrogens is 365 g/mol. The average molecular weight is 390 g/mol. The van der Waals surface area contributed by atoms with Gasteiger partial charge in [-0.2, -0.15) is 0 Å². The Bertz CT molecular complexity index is 413. The third kappa shape index (κ3) is 6.93. The number of hydrogen-bond acceptors (Lipinski definition) is 1. The first-order chi connectivity index (χ1) is 6.93. The van der Waals surface area contributed by atoms with E-state index in [1.807, 2.05) is 0 Å². The van der Waals surface area contributed by atoms with Gasteiger partial charge in [-0.1, -0.05) is 0 Å². The van der Waals surface area contributed by atoms with Crippen molar-refractivity contribution in [3.8, 4) is 0 Å². The van der Waals surface area contributed by atoms with Gasteiger partial charge in [0.2, 0.25) is 0 Å². The molecule has 17 N–H and O–H groups in total. The molecule has 132 valence electrons. The van der Waals surface area contributed by atoms with Crippen molar-refractivity contribution in [3.05, 3.63) is 48.5 Å². The number of hydrogen-bond donors (Lipinski definition) is 1. The molecule has 2 aromatic carbocycles. The molecule has 0 saturated heterocycles. The quantitative estimate of drug-likeness (QED) is 0.362. The Morgan fingerprint density at radius 3 is 1.18 bits per heavy atom. The summed E-state index contributed by atoms with van der Waals surface area (Å²) in [6.45, 7) is 0. The van der Waals surface area contributed by atoms with Crippen LogP contribution in [-0.4, -0.2) is 58.8 Å². The number of nitrogens with one attached hydrogen (secondary N) is 1. The predicted molar refractivity (Wildman–Crippen MR) is 90.1 cm³/mol. The van der Waals surface area contributed by atoms with Crippen LogP contribution in [0.3, 0.4) is 0 Å². The third-order valence-corrected chi connectivity index (χ3v) is 4.68. The zero-order chi connectivity index (χ0) is 9.38. The summed E-state index contributed by atoms with van der Waals surface area (Å²) in [6.07, 6.45) is 0. The molecule has 0 saturated carbocycles. The first kappa shape index (κ1) is 37.0. The van der Waals surface area contributed by atoms with E-state index in [4.69, 9.17) is 0 Å². The minimum atomic E-state index is 0. The van der Waals surface area contributed by atoms with E-state index in [2.05, 4.69) is 53.8 Å². The van der Waals surface area contributed by atoms with Crippen LogP contribution in [0, 0.1) is 0 Å². The van der Waals surface area contributed by atoms with E-state index in [0.717, 1.165) is 0 Å². The summed E-state index contributed by atoms with van der Waals surface area (Å²) < 4.78 is 2.89. The molecule has 1 aliphatic heterocycles. The zero-order valence-corrected chi connectivity index (χ0v) is 13.2. The van der Waals surface area contributed by atoms with Crippen molar-refractivity contribution in [2.75, 3.05) is 5.32 Å². The van der Waals surface area contributed by atoms with Crippen molar-refractivity contribution in [1.82, 2.24) is 0 Å². The number of anilines is 2. The molecule has 0 unspecified atom stereocenters. The molecule has 1 aliphatic rings. The van der Waals surface area contributed by atoms with Crippen molar-refractivity contribution < 1.29 is 43.8 Å². The van der Waals surface area contributed by atoms with Crippen molar-refractivity contribution in [2.45, 2.75) is 0 Å². The van der Waals surface area contributed by atoms with Crippen LogP contribution in [0.1, 0.15) is 0 Å². The maximum atomic E-state index is 3.46. The molecule has 1 heterocycles. The Labute approximate surface area is 133 Å². The SMILES string of the molecule is O.O.O.O.O.O.O.O.c1ccc2c(c1)Nc1ccccc1[Se]2. The van der Waals surface area contributed by atoms with Gasteiger partial charge in [-0.15, -0.1) is 0 Å². The Hall–Kier alpha value is -1.56. The van der Waals surface area contributed by atoms with E-state index < -0.39 is 0 Å². The van der Waals surface area contributed by atoms with E-state index in [-0.39, 0.29) is 43.8 Å². The van der Waals surface area contributed by atoms with Crippen molar-refractivity contribution in [1.29, 1.82) is 0 Å². The van der Waals surface area contributed by atoms with E-state index in [1.54, 1.807) is 0 Å². The molecule has 0 bridgehead atoms. The van der Waals surface area contributed by atoms with Gasteiger partial charge in [-0.25, -0.2) is 0 Å². The molecule has 22 heavy (non-hydrogen) atoms. The second-order valence-electron chi connectivity index (χ2n) is 3.22. The summed E-state index contributed by atoms with van der Waals surface area (Å²) in [6, 6.07) is 17.1. The van der Waals surface area contributed by atoms with E-state index in [0.29, 0.717) is 15.0 Å². The van der Waals surface area contributed by atoms with Crippen molar-refractivity contribution >= 4 is 35.3 Å². The van der Waals surface area contributed by atoms with Gasteiger partial charge in [0, 0.05) is 0 Å². The van der Waals surface area contributed by atoms with Crippen LogP contribution in [0.5, 0.6) is 0 Å². The van der Waals surface area contributed by atoms with Crippen LogP contribution in [0.2, 0.25) is 0 Å². The fraction of sp³-hybridized carbons (Fsp3) is 0. The number of rotatable bonds is 0. The van der Waals surface area contributed by atoms with Crippen LogP contribution in [-0.2, 0) is 0 Å². The molecule has 0 amide bonds. The molecule has 2 aromatic rings. The summed E-state index contributed by atoms with van der Waals surface area (Å²) in [5.74, 6) is 0. The molecule has 10 heteroatoms. The normalized spacial score (nSPS) is 8.00. The minimum absolute atomic E-state index is 0. The Kier molecular flexibility index (Phi) is 26.6. The monoisotopic (exact) mass is 391 g/mol. The van der Waals surface area contributed by atoms with Crippen molar-refractivity contribution in [2.24, 2.45) is 0 Å². The van der Waals surface area contributed by atoms with Gasteiger partial charge in [0.1, 0.15) is 0 Å². The average Bonchev–Trinajstić information content (AvgIpc) is 2.26. The Balaban J connectivity index is -0.0000000800. The van der Waals surface area contributed by atoms with Crippen LogP contribution < -0.4 is 14.2 Å². The molecule has 0 aliphatic carbocycles. The van der Waals surface area contributed by atoms with Crippen LogP contribution >= 0.6 is 0 Å². The second-order valence-corrected chi connectivity index (χ2v) is 5.49. The number of benzene rings is 2. The molecule has 0 aromatic heterocycles. The summed E-state index contributed by atoms with van der Waals surface area (Å²) in [4.78, 5) is 0. The van der Waals surface area contributed by atoms with Crippen LogP contribution in [0.4, 0.5) is 11.4 Å². The summed E-state index contributed by atoms with van der Waals surface area (Å²) in [5.41, 5.74) is 2.54. The molecule has 9 nitrogen and oxygen atoms in total. The zero-order valence-electron chi connectivity index (χ0n) is 11.5. The van der Waals surface area contributed by atoms with E-state index in [1.165, 1.54) is 20.3 Å². The van der Waals surface area contributed by atoms with Gasteiger partial charge in [0.25, 0.3) is 0 Å². The first-order valence-electron chi connectivity index (χ1n) is 4.56. The van der Waals surface area contributed by atoms with E-state index in [9.17, 15) is 0 Å². The Morgan fingerprint density at radius 2 is 0.818 bits per heavy atom. The first-order valence-corrected chi connectivity index (χ1v) is 6.28. The molecule has 0 fully saturated rings. The van der Waals surface area contributed by atoms with Gasteiger partial charge >= 0.3 is 89.1 Å². The summed E-state index contributed by atoms with van der Waals surface area (Å²) >= 11 is 0.457.